The molecule has 2 aromatic carbocycles. The van der Waals surface area contributed by atoms with Crippen LogP contribution in [0, 0.1) is 0 Å². The van der Waals surface area contributed by atoms with Crippen LogP contribution in [0.5, 0.6) is 11.6 Å². The lowest BCUT2D eigenvalue weighted by atomic mass is 9.93. The van der Waals surface area contributed by atoms with Gasteiger partial charge in [-0.25, -0.2) is 4.79 Å². The van der Waals surface area contributed by atoms with Crippen molar-refractivity contribution in [2.45, 2.75) is 38.8 Å². The van der Waals surface area contributed by atoms with E-state index in [4.69, 9.17) is 0 Å². The fourth-order valence-electron chi connectivity index (χ4n) is 4.46. The Bertz CT molecular complexity index is 1260. The van der Waals surface area contributed by atoms with Crippen molar-refractivity contribution in [1.29, 1.82) is 0 Å². The second-order valence-electron chi connectivity index (χ2n) is 7.66. The fraction of sp³-hybridized carbons (Fsp3) is 0.261. The number of rotatable bonds is 4. The van der Waals surface area contributed by atoms with Gasteiger partial charge >= 0.3 is 5.69 Å². The maximum absolute atomic E-state index is 13.3. The molecule has 4 aromatic rings. The smallest absolute Gasteiger partial charge is 0.332 e. The highest BCUT2D eigenvalue weighted by Crippen LogP contribution is 2.41. The number of para-hydroxylation sites is 1. The zero-order chi connectivity index (χ0) is 20.1. The molecule has 0 aliphatic carbocycles. The van der Waals surface area contributed by atoms with Crippen LogP contribution in [0.3, 0.4) is 0 Å². The molecule has 0 saturated carbocycles. The van der Waals surface area contributed by atoms with Crippen LogP contribution in [0.1, 0.15) is 48.3 Å². The summed E-state index contributed by atoms with van der Waals surface area (Å²) in [4.78, 5) is 16.8. The van der Waals surface area contributed by atoms with Gasteiger partial charge in [0.2, 0.25) is 5.88 Å². The van der Waals surface area contributed by atoms with E-state index in [0.717, 1.165) is 40.6 Å². The average Bonchev–Trinajstić information content (AvgIpc) is 3.21. The Balaban J connectivity index is 1.79. The molecule has 148 valence electrons. The number of phenolic OH excluding ortho intramolecular Hbond substituents is 1. The summed E-state index contributed by atoms with van der Waals surface area (Å²) in [5, 5.41) is 21.8. The molecule has 6 heteroatoms. The summed E-state index contributed by atoms with van der Waals surface area (Å²) >= 11 is 0. The number of H-pyrrole nitrogens is 1. The highest BCUT2D eigenvalue weighted by molar-refractivity contribution is 5.86. The Labute approximate surface area is 167 Å². The summed E-state index contributed by atoms with van der Waals surface area (Å²) in [5.74, 6) is 0.237. The summed E-state index contributed by atoms with van der Waals surface area (Å²) in [5.41, 5.74) is 4.39. The zero-order valence-corrected chi connectivity index (χ0v) is 16.2. The Morgan fingerprint density at radius 2 is 1.86 bits per heavy atom. The normalized spacial score (nSPS) is 15.4. The lowest BCUT2D eigenvalue weighted by molar-refractivity contribution is 0.404. The van der Waals surface area contributed by atoms with Crippen LogP contribution >= 0.6 is 0 Å². The number of phenols is 1. The Morgan fingerprint density at radius 3 is 2.62 bits per heavy atom. The minimum atomic E-state index is -0.386. The van der Waals surface area contributed by atoms with E-state index in [1.807, 2.05) is 30.3 Å². The van der Waals surface area contributed by atoms with E-state index >= 15 is 0 Å². The molecular weight excluding hydrogens is 366 g/mol. The lowest BCUT2D eigenvalue weighted by Crippen LogP contribution is -2.32. The van der Waals surface area contributed by atoms with Crippen molar-refractivity contribution in [3.8, 4) is 11.6 Å². The summed E-state index contributed by atoms with van der Waals surface area (Å²) in [7, 11) is 0. The summed E-state index contributed by atoms with van der Waals surface area (Å²) in [6.07, 6.45) is 2.26. The molecule has 0 radical (unpaired) electrons. The Kier molecular flexibility index (Phi) is 4.01. The van der Waals surface area contributed by atoms with Gasteiger partial charge in [0.05, 0.1) is 5.69 Å². The van der Waals surface area contributed by atoms with E-state index < -0.39 is 0 Å². The van der Waals surface area contributed by atoms with E-state index in [1.165, 1.54) is 4.57 Å². The van der Waals surface area contributed by atoms with Crippen molar-refractivity contribution in [2.75, 3.05) is 0 Å². The van der Waals surface area contributed by atoms with E-state index in [9.17, 15) is 15.0 Å². The quantitative estimate of drug-likeness (QED) is 0.436. The first kappa shape index (κ1) is 17.7. The van der Waals surface area contributed by atoms with E-state index in [2.05, 4.69) is 18.0 Å². The molecule has 3 heterocycles. The molecule has 29 heavy (non-hydrogen) atoms. The molecule has 5 rings (SSSR count). The first-order valence-electron chi connectivity index (χ1n) is 10.0. The zero-order valence-electron chi connectivity index (χ0n) is 16.2. The van der Waals surface area contributed by atoms with Crippen LogP contribution in [-0.4, -0.2) is 24.3 Å². The fourth-order valence-corrected chi connectivity index (χ4v) is 4.46. The molecular formula is C23H23N3O3. The average molecular weight is 389 g/mol. The third kappa shape index (κ3) is 2.59. The predicted octanol–water partition coefficient (Wildman–Crippen LogP) is 3.88. The monoisotopic (exact) mass is 389 g/mol. The highest BCUT2D eigenvalue weighted by atomic mass is 16.3. The first-order chi connectivity index (χ1) is 14.1. The van der Waals surface area contributed by atoms with Crippen LogP contribution in [0.25, 0.3) is 10.9 Å². The molecule has 0 spiro atoms. The number of hydrogen-bond acceptors (Lipinski definition) is 3. The lowest BCUT2D eigenvalue weighted by Gasteiger charge is -2.26. The van der Waals surface area contributed by atoms with Crippen molar-refractivity contribution < 1.29 is 10.2 Å². The number of aromatic nitrogens is 3. The van der Waals surface area contributed by atoms with Crippen molar-refractivity contribution in [3.63, 3.8) is 0 Å². The molecule has 2 aromatic heterocycles. The highest BCUT2D eigenvalue weighted by Gasteiger charge is 2.35. The van der Waals surface area contributed by atoms with Gasteiger partial charge in [-0.3, -0.25) is 9.13 Å². The van der Waals surface area contributed by atoms with Crippen LogP contribution < -0.4 is 5.69 Å². The van der Waals surface area contributed by atoms with Crippen molar-refractivity contribution in [1.82, 2.24) is 14.1 Å². The number of fused-ring (bicyclic) bond motifs is 4. The maximum atomic E-state index is 13.3. The van der Waals surface area contributed by atoms with Crippen molar-refractivity contribution in [3.05, 3.63) is 81.5 Å². The summed E-state index contributed by atoms with van der Waals surface area (Å²) in [6.45, 7) is 2.56. The predicted molar refractivity (Wildman–Crippen MR) is 112 cm³/mol. The molecule has 0 amide bonds. The maximum Gasteiger partial charge on any atom is 0.332 e. The van der Waals surface area contributed by atoms with Gasteiger partial charge in [0.25, 0.3) is 0 Å². The van der Waals surface area contributed by atoms with Gasteiger partial charge in [-0.05, 0) is 35.7 Å². The van der Waals surface area contributed by atoms with Gasteiger partial charge in [-0.1, -0.05) is 43.7 Å². The molecule has 1 aliphatic rings. The standard InChI is InChI=1S/C23H23N3O3/c1-2-3-12-25-22(28)19-13-17-16-6-4-5-7-18(16)24-20(17)21(26(19)23(25)29)14-8-10-15(27)11-9-14/h4-11,21,24,27-28H,2-3,12-13H2,1H3. The SMILES string of the molecule is CCCCn1c(O)c2n(c1=O)C(c1ccc(O)cc1)c1[nH]c3ccccc3c1C2. The molecule has 1 unspecified atom stereocenters. The third-order valence-corrected chi connectivity index (χ3v) is 5.91. The number of nitrogens with zero attached hydrogens (tertiary/aromatic N) is 2. The van der Waals surface area contributed by atoms with Gasteiger partial charge in [0, 0.05) is 29.6 Å². The van der Waals surface area contributed by atoms with E-state index in [1.54, 1.807) is 16.7 Å². The number of nitrogens with one attached hydrogen (secondary N) is 1. The number of aromatic hydroxyl groups is 2. The number of imidazole rings is 1. The Morgan fingerprint density at radius 1 is 1.10 bits per heavy atom. The molecule has 1 atom stereocenters. The van der Waals surface area contributed by atoms with Gasteiger partial charge in [0.15, 0.2) is 0 Å². The minimum Gasteiger partial charge on any atom is -0.508 e. The summed E-state index contributed by atoms with van der Waals surface area (Å²) < 4.78 is 3.19. The van der Waals surface area contributed by atoms with Crippen LogP contribution in [-0.2, 0) is 13.0 Å². The largest absolute Gasteiger partial charge is 0.508 e. The van der Waals surface area contributed by atoms with E-state index in [0.29, 0.717) is 18.7 Å². The second kappa shape index (κ2) is 6.58. The van der Waals surface area contributed by atoms with E-state index in [-0.39, 0.29) is 23.4 Å². The molecule has 1 aliphatic heterocycles. The van der Waals surface area contributed by atoms with Gasteiger partial charge in [0.1, 0.15) is 11.8 Å². The number of benzene rings is 2. The van der Waals surface area contributed by atoms with Crippen molar-refractivity contribution >= 4 is 10.9 Å². The Hall–Kier alpha value is -3.41. The number of hydrogen-bond donors (Lipinski definition) is 3. The third-order valence-electron chi connectivity index (χ3n) is 5.91. The van der Waals surface area contributed by atoms with Gasteiger partial charge in [-0.2, -0.15) is 0 Å². The van der Waals surface area contributed by atoms with Crippen LogP contribution in [0.15, 0.2) is 53.3 Å². The molecule has 0 saturated heterocycles. The van der Waals surface area contributed by atoms with Gasteiger partial charge < -0.3 is 15.2 Å². The van der Waals surface area contributed by atoms with Gasteiger partial charge in [-0.15, -0.1) is 0 Å². The number of aromatic amines is 1. The minimum absolute atomic E-state index is 0.0585. The molecule has 6 nitrogen and oxygen atoms in total. The molecule has 3 N–H and O–H groups in total. The van der Waals surface area contributed by atoms with Crippen molar-refractivity contribution in [2.24, 2.45) is 0 Å². The number of unbranched alkanes of at least 4 members (excludes halogenated alkanes) is 1. The second-order valence-corrected chi connectivity index (χ2v) is 7.66. The topological polar surface area (TPSA) is 83.2 Å². The molecule has 0 bridgehead atoms. The first-order valence-corrected chi connectivity index (χ1v) is 10.0. The van der Waals surface area contributed by atoms with Crippen LogP contribution in [0.2, 0.25) is 0 Å². The van der Waals surface area contributed by atoms with Crippen LogP contribution in [0.4, 0.5) is 0 Å². The summed E-state index contributed by atoms with van der Waals surface area (Å²) in [6, 6.07) is 14.6. The molecule has 0 fully saturated rings.